The molecule has 0 heterocycles. The lowest BCUT2D eigenvalue weighted by Gasteiger charge is -2.43. The first-order valence-corrected chi connectivity index (χ1v) is 16.3. The van der Waals surface area contributed by atoms with Crippen molar-refractivity contribution in [1.82, 2.24) is 0 Å². The molecule has 0 aliphatic rings. The van der Waals surface area contributed by atoms with Crippen molar-refractivity contribution in [3.8, 4) is 0 Å². The van der Waals surface area contributed by atoms with E-state index in [1.807, 2.05) is 20.8 Å². The van der Waals surface area contributed by atoms with Gasteiger partial charge < -0.3 is 19.8 Å². The summed E-state index contributed by atoms with van der Waals surface area (Å²) in [6.45, 7) is 9.22. The van der Waals surface area contributed by atoms with Crippen molar-refractivity contribution in [2.75, 3.05) is 26.2 Å². The van der Waals surface area contributed by atoms with Crippen LogP contribution in [0.25, 0.3) is 0 Å². The van der Waals surface area contributed by atoms with E-state index < -0.39 is 35.7 Å². The van der Waals surface area contributed by atoms with Crippen molar-refractivity contribution >= 4 is 17.9 Å². The Balaban J connectivity index is 4.89. The monoisotopic (exact) mass is 568 g/mol. The van der Waals surface area contributed by atoms with Crippen molar-refractivity contribution < 1.29 is 34.2 Å². The molecule has 0 fully saturated rings. The van der Waals surface area contributed by atoms with Crippen LogP contribution in [0.3, 0.4) is 0 Å². The van der Waals surface area contributed by atoms with Crippen molar-refractivity contribution in [3.63, 3.8) is 0 Å². The summed E-state index contributed by atoms with van der Waals surface area (Å²) < 4.78 is 0.255. The first kappa shape index (κ1) is 38.1. The maximum Gasteiger partial charge on any atom is 0.312 e. The highest BCUT2D eigenvalue weighted by molar-refractivity contribution is 5.71. The van der Waals surface area contributed by atoms with E-state index in [4.69, 9.17) is 0 Å². The number of rotatable bonds is 28. The molecule has 7 nitrogen and oxygen atoms in total. The van der Waals surface area contributed by atoms with Crippen LogP contribution in [-0.2, 0) is 14.4 Å². The molecule has 3 unspecified atom stereocenters. The van der Waals surface area contributed by atoms with Gasteiger partial charge in [0.05, 0.1) is 26.2 Å². The molecule has 0 aliphatic carbocycles. The lowest BCUT2D eigenvalue weighted by molar-refractivity contribution is -0.935. The number of nitrogens with zero attached hydrogens (tertiary/aromatic N) is 1. The number of unbranched alkanes of at least 4 members (excludes halogenated alkanes) is 12. The van der Waals surface area contributed by atoms with Crippen molar-refractivity contribution in [3.05, 3.63) is 12.2 Å². The topological polar surface area (TPSA) is 112 Å². The maximum absolute atomic E-state index is 12.0. The zero-order valence-corrected chi connectivity index (χ0v) is 26.2. The van der Waals surface area contributed by atoms with E-state index in [-0.39, 0.29) is 24.1 Å². The van der Waals surface area contributed by atoms with Gasteiger partial charge in [0.15, 0.2) is 0 Å². The number of quaternary nitrogens is 1. The van der Waals surface area contributed by atoms with Gasteiger partial charge >= 0.3 is 17.9 Å². The van der Waals surface area contributed by atoms with Crippen LogP contribution in [0.4, 0.5) is 0 Å². The Kier molecular flexibility index (Phi) is 22.7. The first-order valence-electron chi connectivity index (χ1n) is 16.3. The molecule has 0 radical (unpaired) electrons. The minimum atomic E-state index is -0.890. The second-order valence-corrected chi connectivity index (χ2v) is 11.9. The van der Waals surface area contributed by atoms with Gasteiger partial charge in [-0.15, -0.1) is 0 Å². The summed E-state index contributed by atoms with van der Waals surface area (Å²) >= 11 is 0. The molecule has 0 bridgehead atoms. The Hall–Kier alpha value is -1.89. The number of carboxylic acid groups (broad SMARTS) is 3. The molecule has 0 aliphatic heterocycles. The fourth-order valence-corrected chi connectivity index (χ4v) is 5.74. The first-order chi connectivity index (χ1) is 19.2. The molecule has 3 atom stereocenters. The molecule has 0 spiro atoms. The van der Waals surface area contributed by atoms with Crippen LogP contribution >= 0.6 is 0 Å². The van der Waals surface area contributed by atoms with Gasteiger partial charge in [0.2, 0.25) is 0 Å². The molecule has 7 heteroatoms. The van der Waals surface area contributed by atoms with E-state index >= 15 is 0 Å². The second kappa shape index (κ2) is 23.8. The fraction of sp³-hybridized carbons (Fsp3) is 0.848. The molecule has 0 aromatic rings. The summed E-state index contributed by atoms with van der Waals surface area (Å²) in [7, 11) is 0. The summed E-state index contributed by atoms with van der Waals surface area (Å²) in [6, 6.07) is 0. The largest absolute Gasteiger partial charge is 0.481 e. The quantitative estimate of drug-likeness (QED) is 0.0498. The minimum Gasteiger partial charge on any atom is -0.481 e. The molecule has 0 aromatic carbocycles. The predicted molar refractivity (Wildman–Crippen MR) is 163 cm³/mol. The third-order valence-corrected chi connectivity index (χ3v) is 8.49. The van der Waals surface area contributed by atoms with Crippen LogP contribution in [0, 0.1) is 17.8 Å². The molecule has 0 rings (SSSR count). The Morgan fingerprint density at radius 3 is 1.18 bits per heavy atom. The minimum absolute atomic E-state index is 0.255. The number of carbonyl (C=O) groups is 3. The SMILES string of the molecule is CCCCCCC/C=C/CCCCCCCCC[N+](CC(CC)C(=O)O)(CC(CC)C(=O)O)CC(CC)C(=O)O. The summed E-state index contributed by atoms with van der Waals surface area (Å²) in [4.78, 5) is 35.9. The highest BCUT2D eigenvalue weighted by Crippen LogP contribution is 2.25. The smallest absolute Gasteiger partial charge is 0.312 e. The average Bonchev–Trinajstić information content (AvgIpc) is 2.92. The normalized spacial score (nSPS) is 15.5. The van der Waals surface area contributed by atoms with Gasteiger partial charge in [0, 0.05) is 0 Å². The van der Waals surface area contributed by atoms with Crippen LogP contribution in [0.5, 0.6) is 0 Å². The summed E-state index contributed by atoms with van der Waals surface area (Å²) in [6.07, 6.45) is 22.7. The van der Waals surface area contributed by atoms with Gasteiger partial charge in [-0.1, -0.05) is 91.2 Å². The zero-order chi connectivity index (χ0) is 30.2. The maximum atomic E-state index is 12.0. The van der Waals surface area contributed by atoms with Crippen molar-refractivity contribution in [2.45, 2.75) is 137 Å². The van der Waals surface area contributed by atoms with E-state index in [0.717, 1.165) is 32.1 Å². The van der Waals surface area contributed by atoms with Crippen LogP contribution in [0.15, 0.2) is 12.2 Å². The highest BCUT2D eigenvalue weighted by atomic mass is 16.4. The van der Waals surface area contributed by atoms with Crippen molar-refractivity contribution in [2.24, 2.45) is 17.8 Å². The standard InChI is InChI=1S/C33H61NO6/c1-5-9-10-11-12-13-14-15-16-17-18-19-20-21-22-23-24-34(25-28(6-2)31(35)36,26-29(7-3)32(37)38)27-30(8-4)33(39)40/h14-15,28-30H,5-13,16-27H2,1-4H3,(H2-,35,36,37,38,39,40)/p+1/b15-14+. The van der Waals surface area contributed by atoms with Gasteiger partial charge in [-0.05, 0) is 57.8 Å². The molecule has 0 saturated carbocycles. The van der Waals surface area contributed by atoms with Gasteiger partial charge in [0.25, 0.3) is 0 Å². The Morgan fingerprint density at radius 2 is 0.850 bits per heavy atom. The molecule has 0 aromatic heterocycles. The van der Waals surface area contributed by atoms with E-state index in [1.165, 1.54) is 57.8 Å². The second-order valence-electron chi connectivity index (χ2n) is 11.9. The molecule has 3 N–H and O–H groups in total. The van der Waals surface area contributed by atoms with Gasteiger partial charge in [-0.3, -0.25) is 14.4 Å². The predicted octanol–water partition coefficient (Wildman–Crippen LogP) is 8.17. The Bertz CT molecular complexity index is 647. The van der Waals surface area contributed by atoms with Crippen LogP contribution in [0.1, 0.15) is 137 Å². The Labute approximate surface area is 245 Å². The van der Waals surface area contributed by atoms with Gasteiger partial charge in [0.1, 0.15) is 17.8 Å². The zero-order valence-electron chi connectivity index (χ0n) is 26.2. The molecule has 0 amide bonds. The van der Waals surface area contributed by atoms with Gasteiger partial charge in [-0.2, -0.15) is 0 Å². The lowest BCUT2D eigenvalue weighted by Crippen LogP contribution is -2.58. The average molecular weight is 569 g/mol. The number of hydrogen-bond donors (Lipinski definition) is 3. The number of hydrogen-bond acceptors (Lipinski definition) is 3. The third-order valence-electron chi connectivity index (χ3n) is 8.49. The molecular formula is C33H62NO6+. The highest BCUT2D eigenvalue weighted by Gasteiger charge is 2.40. The Morgan fingerprint density at radius 1 is 0.525 bits per heavy atom. The molecule has 0 saturated heterocycles. The van der Waals surface area contributed by atoms with E-state index in [2.05, 4.69) is 19.1 Å². The molecular weight excluding hydrogens is 506 g/mol. The van der Waals surface area contributed by atoms with Gasteiger partial charge in [-0.25, -0.2) is 0 Å². The number of aliphatic carboxylic acids is 3. The van der Waals surface area contributed by atoms with Crippen LogP contribution < -0.4 is 0 Å². The van der Waals surface area contributed by atoms with Crippen LogP contribution in [-0.4, -0.2) is 63.9 Å². The summed E-state index contributed by atoms with van der Waals surface area (Å²) in [5, 5.41) is 29.4. The molecule has 40 heavy (non-hydrogen) atoms. The van der Waals surface area contributed by atoms with Crippen LogP contribution in [0.2, 0.25) is 0 Å². The van der Waals surface area contributed by atoms with E-state index in [0.29, 0.717) is 25.8 Å². The lowest BCUT2D eigenvalue weighted by atomic mass is 9.95. The van der Waals surface area contributed by atoms with E-state index in [1.54, 1.807) is 0 Å². The third kappa shape index (κ3) is 17.7. The number of carboxylic acids is 3. The fourth-order valence-electron chi connectivity index (χ4n) is 5.74. The number of allylic oxidation sites excluding steroid dienone is 2. The summed E-state index contributed by atoms with van der Waals surface area (Å²) in [5.41, 5.74) is 0. The molecule has 234 valence electrons. The summed E-state index contributed by atoms with van der Waals surface area (Å²) in [5.74, 6) is -4.52. The van der Waals surface area contributed by atoms with E-state index in [9.17, 15) is 29.7 Å². The van der Waals surface area contributed by atoms with Crippen molar-refractivity contribution in [1.29, 1.82) is 0 Å².